The van der Waals surface area contributed by atoms with E-state index in [0.29, 0.717) is 5.56 Å². The number of nitriles is 1. The van der Waals surface area contributed by atoms with Gasteiger partial charge in [-0.15, -0.1) is 0 Å². The maximum Gasteiger partial charge on any atom is 0.138 e. The zero-order valence-corrected chi connectivity index (χ0v) is 10.3. The van der Waals surface area contributed by atoms with Crippen LogP contribution in [-0.2, 0) is 0 Å². The molecule has 0 saturated heterocycles. The summed E-state index contributed by atoms with van der Waals surface area (Å²) >= 11 is 0. The largest absolute Gasteiger partial charge is 0.497 e. The Labute approximate surface area is 110 Å². The lowest BCUT2D eigenvalue weighted by atomic mass is 10.1. The predicted octanol–water partition coefficient (Wildman–Crippen LogP) is 3.11. The van der Waals surface area contributed by atoms with E-state index < -0.39 is 0 Å². The third-order valence-electron chi connectivity index (χ3n) is 2.95. The van der Waals surface area contributed by atoms with E-state index in [1.807, 2.05) is 36.4 Å². The number of hydrogen-bond acceptors (Lipinski definition) is 3. The van der Waals surface area contributed by atoms with Crippen molar-refractivity contribution in [1.29, 1.82) is 5.26 Å². The van der Waals surface area contributed by atoms with Crippen LogP contribution >= 0.6 is 0 Å². The number of methoxy groups -OCH3 is 1. The first-order chi connectivity index (χ1) is 9.30. The van der Waals surface area contributed by atoms with Crippen LogP contribution in [0.4, 0.5) is 0 Å². The quantitative estimate of drug-likeness (QED) is 0.759. The lowest BCUT2D eigenvalue weighted by Crippen LogP contribution is -1.81. The standard InChI is InChI=1S/C15H11N3O/c1-19-12-5-6-13-14(8-12)18-15(17-13)11-4-2-3-10(7-11)9-16/h2-8H,1H3,(H,17,18). The van der Waals surface area contributed by atoms with Gasteiger partial charge in [0.2, 0.25) is 0 Å². The molecule has 0 atom stereocenters. The Morgan fingerprint density at radius 1 is 1.21 bits per heavy atom. The fourth-order valence-electron chi connectivity index (χ4n) is 1.99. The fraction of sp³-hybridized carbons (Fsp3) is 0.0667. The Hall–Kier alpha value is -2.80. The van der Waals surface area contributed by atoms with Crippen LogP contribution in [0.3, 0.4) is 0 Å². The van der Waals surface area contributed by atoms with E-state index in [1.165, 1.54) is 0 Å². The molecule has 4 nitrogen and oxygen atoms in total. The molecule has 3 aromatic rings. The highest BCUT2D eigenvalue weighted by molar-refractivity contribution is 5.80. The smallest absolute Gasteiger partial charge is 0.138 e. The molecule has 0 aliphatic carbocycles. The van der Waals surface area contributed by atoms with Gasteiger partial charge in [-0.3, -0.25) is 0 Å². The van der Waals surface area contributed by atoms with E-state index in [2.05, 4.69) is 16.0 Å². The molecule has 0 aliphatic heterocycles. The van der Waals surface area contributed by atoms with Crippen LogP contribution in [0.15, 0.2) is 42.5 Å². The number of aromatic amines is 1. The number of ether oxygens (including phenoxy) is 1. The Kier molecular flexibility index (Phi) is 2.66. The number of H-pyrrole nitrogens is 1. The Bertz CT molecular complexity index is 783. The van der Waals surface area contributed by atoms with Gasteiger partial charge in [-0.2, -0.15) is 5.26 Å². The minimum absolute atomic E-state index is 0.621. The van der Waals surface area contributed by atoms with E-state index in [4.69, 9.17) is 10.00 Å². The van der Waals surface area contributed by atoms with Crippen molar-refractivity contribution in [2.75, 3.05) is 7.11 Å². The second-order valence-electron chi connectivity index (χ2n) is 4.16. The van der Waals surface area contributed by atoms with Crippen LogP contribution in [0.25, 0.3) is 22.4 Å². The summed E-state index contributed by atoms with van der Waals surface area (Å²) in [6.45, 7) is 0. The van der Waals surface area contributed by atoms with Crippen LogP contribution in [-0.4, -0.2) is 17.1 Å². The minimum Gasteiger partial charge on any atom is -0.497 e. The van der Waals surface area contributed by atoms with Crippen molar-refractivity contribution < 1.29 is 4.74 Å². The van der Waals surface area contributed by atoms with Gasteiger partial charge < -0.3 is 9.72 Å². The summed E-state index contributed by atoms with van der Waals surface area (Å²) in [5.41, 5.74) is 3.31. The van der Waals surface area contributed by atoms with Crippen molar-refractivity contribution >= 4 is 11.0 Å². The molecule has 0 bridgehead atoms. The number of nitrogens with zero attached hydrogens (tertiary/aromatic N) is 2. The number of aromatic nitrogens is 2. The number of benzene rings is 2. The van der Waals surface area contributed by atoms with Crippen LogP contribution in [0, 0.1) is 11.3 Å². The zero-order valence-electron chi connectivity index (χ0n) is 10.3. The van der Waals surface area contributed by atoms with Crippen LogP contribution in [0.2, 0.25) is 0 Å². The first kappa shape index (κ1) is 11.3. The number of nitrogens with one attached hydrogen (secondary N) is 1. The van der Waals surface area contributed by atoms with E-state index in [9.17, 15) is 0 Å². The molecule has 2 aromatic carbocycles. The van der Waals surface area contributed by atoms with Crippen molar-refractivity contribution in [2.45, 2.75) is 0 Å². The molecule has 0 spiro atoms. The summed E-state index contributed by atoms with van der Waals surface area (Å²) in [6, 6.07) is 15.2. The number of hydrogen-bond donors (Lipinski definition) is 1. The molecular weight excluding hydrogens is 238 g/mol. The average molecular weight is 249 g/mol. The normalized spacial score (nSPS) is 10.3. The molecule has 3 rings (SSSR count). The van der Waals surface area contributed by atoms with Crippen molar-refractivity contribution in [2.24, 2.45) is 0 Å². The van der Waals surface area contributed by atoms with Gasteiger partial charge in [0.1, 0.15) is 11.6 Å². The summed E-state index contributed by atoms with van der Waals surface area (Å²) in [5.74, 6) is 1.54. The monoisotopic (exact) mass is 249 g/mol. The van der Waals surface area contributed by atoms with Crippen LogP contribution < -0.4 is 4.74 Å². The van der Waals surface area contributed by atoms with Crippen LogP contribution in [0.1, 0.15) is 5.56 Å². The second-order valence-corrected chi connectivity index (χ2v) is 4.16. The summed E-state index contributed by atoms with van der Waals surface area (Å²) in [6.07, 6.45) is 0. The SMILES string of the molecule is COc1ccc2nc(-c3cccc(C#N)c3)[nH]c2c1. The van der Waals surface area contributed by atoms with Crippen molar-refractivity contribution in [3.63, 3.8) is 0 Å². The van der Waals surface area contributed by atoms with Crippen LogP contribution in [0.5, 0.6) is 5.75 Å². The lowest BCUT2D eigenvalue weighted by molar-refractivity contribution is 0.415. The van der Waals surface area contributed by atoms with Gasteiger partial charge in [0.15, 0.2) is 0 Å². The summed E-state index contributed by atoms with van der Waals surface area (Å²) < 4.78 is 5.18. The molecule has 4 heteroatoms. The molecule has 92 valence electrons. The highest BCUT2D eigenvalue weighted by Crippen LogP contribution is 2.24. The third-order valence-corrected chi connectivity index (χ3v) is 2.95. The van der Waals surface area contributed by atoms with Gasteiger partial charge in [0.05, 0.1) is 29.8 Å². The third kappa shape index (κ3) is 2.02. The molecule has 0 amide bonds. The minimum atomic E-state index is 0.621. The molecule has 1 N–H and O–H groups in total. The number of fused-ring (bicyclic) bond motifs is 1. The van der Waals surface area contributed by atoms with Crippen molar-refractivity contribution in [3.8, 4) is 23.2 Å². The summed E-state index contributed by atoms with van der Waals surface area (Å²) in [4.78, 5) is 7.75. The van der Waals surface area contributed by atoms with Gasteiger partial charge in [0, 0.05) is 11.6 Å². The Morgan fingerprint density at radius 2 is 2.11 bits per heavy atom. The van der Waals surface area contributed by atoms with E-state index >= 15 is 0 Å². The Balaban J connectivity index is 2.12. The second kappa shape index (κ2) is 4.46. The number of imidazole rings is 1. The molecule has 0 aliphatic rings. The molecular formula is C15H11N3O. The highest BCUT2D eigenvalue weighted by Gasteiger charge is 2.06. The molecule has 0 fully saturated rings. The molecule has 1 aromatic heterocycles. The van der Waals surface area contributed by atoms with Crippen molar-refractivity contribution in [1.82, 2.24) is 9.97 Å². The zero-order chi connectivity index (χ0) is 13.2. The molecule has 19 heavy (non-hydrogen) atoms. The van der Waals surface area contributed by atoms with Gasteiger partial charge in [-0.25, -0.2) is 4.98 Å². The average Bonchev–Trinajstić information content (AvgIpc) is 2.90. The fourth-order valence-corrected chi connectivity index (χ4v) is 1.99. The van der Waals surface area contributed by atoms with Crippen molar-refractivity contribution in [3.05, 3.63) is 48.0 Å². The van der Waals surface area contributed by atoms with E-state index in [0.717, 1.165) is 28.2 Å². The van der Waals surface area contributed by atoms with E-state index in [1.54, 1.807) is 13.2 Å². The topological polar surface area (TPSA) is 61.7 Å². The first-order valence-electron chi connectivity index (χ1n) is 5.84. The van der Waals surface area contributed by atoms with E-state index in [-0.39, 0.29) is 0 Å². The Morgan fingerprint density at radius 3 is 2.89 bits per heavy atom. The molecule has 1 heterocycles. The molecule has 0 unspecified atom stereocenters. The summed E-state index contributed by atoms with van der Waals surface area (Å²) in [7, 11) is 1.63. The highest BCUT2D eigenvalue weighted by atomic mass is 16.5. The maximum atomic E-state index is 8.92. The number of rotatable bonds is 2. The predicted molar refractivity (Wildman–Crippen MR) is 72.8 cm³/mol. The maximum absolute atomic E-state index is 8.92. The van der Waals surface area contributed by atoms with Gasteiger partial charge in [0.25, 0.3) is 0 Å². The van der Waals surface area contributed by atoms with Gasteiger partial charge in [-0.1, -0.05) is 12.1 Å². The van der Waals surface area contributed by atoms with Gasteiger partial charge in [-0.05, 0) is 24.3 Å². The molecule has 0 radical (unpaired) electrons. The first-order valence-corrected chi connectivity index (χ1v) is 5.84. The summed E-state index contributed by atoms with van der Waals surface area (Å²) in [5, 5.41) is 8.92. The lowest BCUT2D eigenvalue weighted by Gasteiger charge is -1.97. The molecule has 0 saturated carbocycles. The van der Waals surface area contributed by atoms with Gasteiger partial charge >= 0.3 is 0 Å².